The zero-order valence-corrected chi connectivity index (χ0v) is 11.2. The minimum atomic E-state index is -0.336. The van der Waals surface area contributed by atoms with Crippen molar-refractivity contribution in [2.24, 2.45) is 0 Å². The van der Waals surface area contributed by atoms with E-state index in [9.17, 15) is 4.39 Å². The van der Waals surface area contributed by atoms with Gasteiger partial charge in [0.15, 0.2) is 11.6 Å². The molecular weight excluding hydrogens is 229 g/mol. The summed E-state index contributed by atoms with van der Waals surface area (Å²) in [6, 6.07) is 5.07. The predicted molar refractivity (Wildman–Crippen MR) is 72.1 cm³/mol. The van der Waals surface area contributed by atoms with Crippen LogP contribution in [0.4, 0.5) is 4.39 Å². The first-order valence-corrected chi connectivity index (χ1v) is 6.19. The van der Waals surface area contributed by atoms with Gasteiger partial charge in [0.2, 0.25) is 0 Å². The molecule has 0 aromatic heterocycles. The second kappa shape index (κ2) is 7.73. The molecule has 0 heterocycles. The molecule has 2 nitrogen and oxygen atoms in total. The lowest BCUT2D eigenvalue weighted by Crippen LogP contribution is -2.21. The molecule has 0 saturated heterocycles. The lowest BCUT2D eigenvalue weighted by Gasteiger charge is -2.17. The monoisotopic (exact) mass is 249 g/mol. The number of ether oxygens (including phenoxy) is 1. The summed E-state index contributed by atoms with van der Waals surface area (Å²) in [5.41, 5.74) is 1.00. The van der Waals surface area contributed by atoms with Crippen molar-refractivity contribution in [2.45, 2.75) is 32.7 Å². The minimum absolute atomic E-state index is 0.117. The van der Waals surface area contributed by atoms with E-state index in [1.165, 1.54) is 13.2 Å². The molecule has 1 unspecified atom stereocenters. The Morgan fingerprint density at radius 2 is 2.22 bits per heavy atom. The Morgan fingerprint density at radius 1 is 1.44 bits per heavy atom. The van der Waals surface area contributed by atoms with E-state index < -0.39 is 0 Å². The zero-order chi connectivity index (χ0) is 13.4. The maximum absolute atomic E-state index is 13.4. The van der Waals surface area contributed by atoms with Crippen molar-refractivity contribution >= 4 is 0 Å². The number of nitrogens with one attached hydrogen (secondary N) is 1. The summed E-state index contributed by atoms with van der Waals surface area (Å²) in [4.78, 5) is 0. The fourth-order valence-electron chi connectivity index (χ4n) is 1.72. The van der Waals surface area contributed by atoms with Gasteiger partial charge in [0.1, 0.15) is 0 Å². The Kier molecular flexibility index (Phi) is 6.24. The number of rotatable bonds is 6. The zero-order valence-electron chi connectivity index (χ0n) is 11.2. The SMILES string of the molecule is CC#CCC(NCCC)c1ccc(F)c(OC)c1. The highest BCUT2D eigenvalue weighted by Crippen LogP contribution is 2.24. The highest BCUT2D eigenvalue weighted by Gasteiger charge is 2.12. The summed E-state index contributed by atoms with van der Waals surface area (Å²) in [6.45, 7) is 4.85. The van der Waals surface area contributed by atoms with Crippen LogP contribution in [-0.4, -0.2) is 13.7 Å². The van der Waals surface area contributed by atoms with Crippen molar-refractivity contribution in [2.75, 3.05) is 13.7 Å². The van der Waals surface area contributed by atoms with Crippen LogP contribution in [0.2, 0.25) is 0 Å². The first kappa shape index (κ1) is 14.5. The average molecular weight is 249 g/mol. The van der Waals surface area contributed by atoms with Crippen LogP contribution >= 0.6 is 0 Å². The molecule has 1 rings (SSSR count). The van der Waals surface area contributed by atoms with Crippen LogP contribution in [0, 0.1) is 17.7 Å². The molecule has 3 heteroatoms. The van der Waals surface area contributed by atoms with Crippen molar-refractivity contribution in [3.63, 3.8) is 0 Å². The topological polar surface area (TPSA) is 21.3 Å². The number of hydrogen-bond acceptors (Lipinski definition) is 2. The first-order chi connectivity index (χ1) is 8.72. The van der Waals surface area contributed by atoms with E-state index in [4.69, 9.17) is 4.74 Å². The highest BCUT2D eigenvalue weighted by atomic mass is 19.1. The Labute approximate surface area is 109 Å². The summed E-state index contributed by atoms with van der Waals surface area (Å²) in [5.74, 6) is 5.89. The van der Waals surface area contributed by atoms with E-state index in [2.05, 4.69) is 24.1 Å². The number of methoxy groups -OCH3 is 1. The molecule has 0 aliphatic carbocycles. The van der Waals surface area contributed by atoms with Crippen LogP contribution in [0.15, 0.2) is 18.2 Å². The van der Waals surface area contributed by atoms with Crippen LogP contribution in [-0.2, 0) is 0 Å². The van der Waals surface area contributed by atoms with Crippen LogP contribution in [0.3, 0.4) is 0 Å². The molecule has 98 valence electrons. The summed E-state index contributed by atoms with van der Waals surface area (Å²) >= 11 is 0. The standard InChI is InChI=1S/C15H20FNO/c1-4-6-7-14(17-10-5-2)12-8-9-13(16)15(11-12)18-3/h8-9,11,14,17H,5,7,10H2,1-3H3. The molecule has 1 aromatic rings. The maximum atomic E-state index is 13.4. The van der Waals surface area contributed by atoms with Gasteiger partial charge in [0.25, 0.3) is 0 Å². The summed E-state index contributed by atoms with van der Waals surface area (Å²) in [6.07, 6.45) is 1.76. The molecule has 1 aromatic carbocycles. The third-order valence-corrected chi connectivity index (χ3v) is 2.70. The van der Waals surface area contributed by atoms with E-state index in [-0.39, 0.29) is 17.6 Å². The Bertz CT molecular complexity index is 434. The van der Waals surface area contributed by atoms with Crippen LogP contribution in [0.1, 0.15) is 38.3 Å². The molecule has 18 heavy (non-hydrogen) atoms. The lowest BCUT2D eigenvalue weighted by atomic mass is 10.0. The van der Waals surface area contributed by atoms with Gasteiger partial charge in [-0.15, -0.1) is 11.8 Å². The van der Waals surface area contributed by atoms with Gasteiger partial charge in [-0.3, -0.25) is 0 Å². The van der Waals surface area contributed by atoms with Crippen molar-refractivity contribution < 1.29 is 9.13 Å². The Hall–Kier alpha value is -1.53. The molecule has 0 saturated carbocycles. The quantitative estimate of drug-likeness (QED) is 0.781. The van der Waals surface area contributed by atoms with Crippen LogP contribution in [0.25, 0.3) is 0 Å². The van der Waals surface area contributed by atoms with Gasteiger partial charge in [-0.1, -0.05) is 13.0 Å². The maximum Gasteiger partial charge on any atom is 0.165 e. The molecule has 0 spiro atoms. The number of benzene rings is 1. The third kappa shape index (κ3) is 4.05. The molecule has 0 bridgehead atoms. The van der Waals surface area contributed by atoms with Gasteiger partial charge in [-0.05, 0) is 37.6 Å². The first-order valence-electron chi connectivity index (χ1n) is 6.19. The van der Waals surface area contributed by atoms with E-state index in [0.29, 0.717) is 6.42 Å². The minimum Gasteiger partial charge on any atom is -0.494 e. The van der Waals surface area contributed by atoms with Gasteiger partial charge in [-0.2, -0.15) is 0 Å². The van der Waals surface area contributed by atoms with Crippen LogP contribution < -0.4 is 10.1 Å². The van der Waals surface area contributed by atoms with Crippen molar-refractivity contribution in [3.8, 4) is 17.6 Å². The second-order valence-electron chi connectivity index (χ2n) is 4.03. The highest BCUT2D eigenvalue weighted by molar-refractivity contribution is 5.32. The Morgan fingerprint density at radius 3 is 2.83 bits per heavy atom. The van der Waals surface area contributed by atoms with E-state index in [0.717, 1.165) is 18.5 Å². The van der Waals surface area contributed by atoms with Crippen molar-refractivity contribution in [1.29, 1.82) is 0 Å². The largest absolute Gasteiger partial charge is 0.494 e. The molecular formula is C15H20FNO. The lowest BCUT2D eigenvalue weighted by molar-refractivity contribution is 0.384. The Balaban J connectivity index is 2.91. The summed E-state index contributed by atoms with van der Waals surface area (Å²) in [7, 11) is 1.47. The normalized spacial score (nSPS) is 11.6. The molecule has 0 aliphatic rings. The summed E-state index contributed by atoms with van der Waals surface area (Å²) in [5, 5.41) is 3.41. The van der Waals surface area contributed by atoms with Crippen molar-refractivity contribution in [3.05, 3.63) is 29.6 Å². The van der Waals surface area contributed by atoms with E-state index >= 15 is 0 Å². The van der Waals surface area contributed by atoms with Gasteiger partial charge < -0.3 is 10.1 Å². The molecule has 1 atom stereocenters. The molecule has 0 radical (unpaired) electrons. The van der Waals surface area contributed by atoms with Crippen LogP contribution in [0.5, 0.6) is 5.75 Å². The molecule has 0 aliphatic heterocycles. The number of halogens is 1. The van der Waals surface area contributed by atoms with Crippen molar-refractivity contribution in [1.82, 2.24) is 5.32 Å². The van der Waals surface area contributed by atoms with Gasteiger partial charge >= 0.3 is 0 Å². The van der Waals surface area contributed by atoms with E-state index in [1.807, 2.05) is 6.92 Å². The second-order valence-corrected chi connectivity index (χ2v) is 4.03. The third-order valence-electron chi connectivity index (χ3n) is 2.70. The molecule has 0 fully saturated rings. The van der Waals surface area contributed by atoms with Gasteiger partial charge in [-0.25, -0.2) is 4.39 Å². The van der Waals surface area contributed by atoms with E-state index in [1.54, 1.807) is 12.1 Å². The average Bonchev–Trinajstić information content (AvgIpc) is 2.40. The predicted octanol–water partition coefficient (Wildman–Crippen LogP) is 3.29. The summed E-state index contributed by atoms with van der Waals surface area (Å²) < 4.78 is 18.4. The van der Waals surface area contributed by atoms with Gasteiger partial charge in [0.05, 0.1) is 7.11 Å². The molecule has 1 N–H and O–H groups in total. The molecule has 0 amide bonds. The smallest absolute Gasteiger partial charge is 0.165 e. The van der Waals surface area contributed by atoms with Gasteiger partial charge in [0, 0.05) is 12.5 Å². The fourth-order valence-corrected chi connectivity index (χ4v) is 1.72. The fraction of sp³-hybridized carbons (Fsp3) is 0.467. The number of hydrogen-bond donors (Lipinski definition) is 1.